The highest BCUT2D eigenvalue weighted by Gasteiger charge is 2.27. The van der Waals surface area contributed by atoms with E-state index >= 15 is 0 Å². The van der Waals surface area contributed by atoms with Crippen LogP contribution in [0.2, 0.25) is 0 Å². The van der Waals surface area contributed by atoms with Crippen molar-refractivity contribution in [3.63, 3.8) is 0 Å². The van der Waals surface area contributed by atoms with Gasteiger partial charge in [0, 0.05) is 50.3 Å². The number of carbonyl (C=O) groups excluding carboxylic acids is 1. The summed E-state index contributed by atoms with van der Waals surface area (Å²) in [7, 11) is -3.75. The second-order valence-corrected chi connectivity index (χ2v) is 10.3. The maximum absolute atomic E-state index is 13.5. The van der Waals surface area contributed by atoms with Gasteiger partial charge in [0.2, 0.25) is 9.84 Å². The number of anilines is 3. The Kier molecular flexibility index (Phi) is 6.54. The van der Waals surface area contributed by atoms with Crippen LogP contribution >= 0.6 is 0 Å². The normalized spacial score (nSPS) is 14.9. The number of hydrogen-bond acceptors (Lipinski definition) is 8. The van der Waals surface area contributed by atoms with Gasteiger partial charge in [0.15, 0.2) is 11.6 Å². The molecule has 12 heteroatoms. The number of carbonyl (C=O) groups is 1. The molecule has 0 bridgehead atoms. The topological polar surface area (TPSA) is 105 Å². The Morgan fingerprint density at radius 3 is 2.28 bits per heavy atom. The number of rotatable bonds is 4. The molecule has 1 amide bonds. The van der Waals surface area contributed by atoms with Crippen molar-refractivity contribution < 1.29 is 26.7 Å². The van der Waals surface area contributed by atoms with E-state index in [9.17, 15) is 22.0 Å². The molecule has 1 aromatic heterocycles. The molecule has 2 heterocycles. The number of benzene rings is 1. The van der Waals surface area contributed by atoms with Crippen molar-refractivity contribution in [3.8, 4) is 0 Å². The number of piperazine rings is 1. The highest BCUT2D eigenvalue weighted by molar-refractivity contribution is 7.90. The van der Waals surface area contributed by atoms with Crippen LogP contribution in [0.5, 0.6) is 0 Å². The third-order valence-corrected chi connectivity index (χ3v) is 5.32. The van der Waals surface area contributed by atoms with Gasteiger partial charge < -0.3 is 19.9 Å². The molecule has 2 aromatic rings. The third kappa shape index (κ3) is 6.02. The van der Waals surface area contributed by atoms with Crippen LogP contribution in [0.25, 0.3) is 0 Å². The lowest BCUT2D eigenvalue weighted by atomic mass is 10.2. The molecule has 0 unspecified atom stereocenters. The van der Waals surface area contributed by atoms with Crippen molar-refractivity contribution in [2.24, 2.45) is 0 Å². The average Bonchev–Trinajstić information content (AvgIpc) is 2.69. The molecule has 1 fully saturated rings. The van der Waals surface area contributed by atoms with Crippen LogP contribution in [0.4, 0.5) is 30.9 Å². The van der Waals surface area contributed by atoms with Crippen LogP contribution in [0.3, 0.4) is 0 Å². The summed E-state index contributed by atoms with van der Waals surface area (Å²) in [6.07, 6.45) is 0.561. The monoisotopic (exact) mass is 469 g/mol. The molecule has 1 aliphatic rings. The molecule has 0 radical (unpaired) electrons. The lowest BCUT2D eigenvalue weighted by Crippen LogP contribution is -2.50. The summed E-state index contributed by atoms with van der Waals surface area (Å²) in [5, 5.41) is 2.38. The quantitative estimate of drug-likeness (QED) is 0.682. The SMILES string of the molecule is CC(C)(C)OC(=O)N1CCN(c2cc(Nc3ccc(F)c(F)c3)nc(S(C)(=O)=O)n2)CC1. The molecular formula is C20H25F2N5O4S. The summed E-state index contributed by atoms with van der Waals surface area (Å²) in [6.45, 7) is 6.87. The first kappa shape index (κ1) is 23.6. The van der Waals surface area contributed by atoms with E-state index in [0.29, 0.717) is 32.0 Å². The van der Waals surface area contributed by atoms with Crippen LogP contribution < -0.4 is 10.2 Å². The second kappa shape index (κ2) is 8.85. The standard InChI is InChI=1S/C20H25F2N5O4S/c1-20(2,3)31-19(28)27-9-7-26(8-10-27)17-12-16(24-18(25-17)32(4,29)30)23-13-5-6-14(21)15(22)11-13/h5-6,11-12H,7-10H2,1-4H3,(H,23,24,25). The number of nitrogens with zero attached hydrogens (tertiary/aromatic N) is 4. The predicted octanol–water partition coefficient (Wildman–Crippen LogP) is 2.96. The van der Waals surface area contributed by atoms with E-state index in [1.54, 1.807) is 25.7 Å². The molecule has 1 aliphatic heterocycles. The Hall–Kier alpha value is -3.02. The van der Waals surface area contributed by atoms with Crippen molar-refractivity contribution in [2.75, 3.05) is 42.7 Å². The number of hydrogen-bond donors (Lipinski definition) is 1. The smallest absolute Gasteiger partial charge is 0.410 e. The van der Waals surface area contributed by atoms with Crippen LogP contribution in [0.15, 0.2) is 29.4 Å². The number of halogens is 2. The minimum absolute atomic E-state index is 0.107. The Morgan fingerprint density at radius 1 is 1.06 bits per heavy atom. The number of nitrogens with one attached hydrogen (secondary N) is 1. The van der Waals surface area contributed by atoms with Gasteiger partial charge in [0.05, 0.1) is 0 Å². The predicted molar refractivity (Wildman–Crippen MR) is 115 cm³/mol. The zero-order valence-corrected chi connectivity index (χ0v) is 19.0. The van der Waals surface area contributed by atoms with Crippen molar-refractivity contribution >= 4 is 33.3 Å². The molecular weight excluding hydrogens is 444 g/mol. The van der Waals surface area contributed by atoms with E-state index in [-0.39, 0.29) is 11.5 Å². The zero-order chi connectivity index (χ0) is 23.7. The number of sulfone groups is 1. The average molecular weight is 470 g/mol. The lowest BCUT2D eigenvalue weighted by molar-refractivity contribution is 0.0240. The van der Waals surface area contributed by atoms with Gasteiger partial charge in [-0.1, -0.05) is 0 Å². The first-order valence-corrected chi connectivity index (χ1v) is 11.7. The molecule has 9 nitrogen and oxygen atoms in total. The van der Waals surface area contributed by atoms with Gasteiger partial charge in [0.25, 0.3) is 5.16 Å². The minimum atomic E-state index is -3.75. The fraction of sp³-hybridized carbons (Fsp3) is 0.450. The molecule has 3 rings (SSSR count). The molecule has 0 aliphatic carbocycles. The molecule has 0 saturated carbocycles. The first-order chi connectivity index (χ1) is 14.8. The van der Waals surface area contributed by atoms with Gasteiger partial charge >= 0.3 is 6.09 Å². The largest absolute Gasteiger partial charge is 0.444 e. The Labute approximate surface area is 185 Å². The van der Waals surface area contributed by atoms with E-state index in [1.807, 2.05) is 4.90 Å². The van der Waals surface area contributed by atoms with Gasteiger partial charge in [-0.25, -0.2) is 32.0 Å². The number of ether oxygens (including phenoxy) is 1. The first-order valence-electron chi connectivity index (χ1n) is 9.86. The second-order valence-electron chi connectivity index (χ2n) is 8.37. The van der Waals surface area contributed by atoms with Crippen molar-refractivity contribution in [2.45, 2.75) is 31.5 Å². The van der Waals surface area contributed by atoms with Crippen molar-refractivity contribution in [1.82, 2.24) is 14.9 Å². The molecule has 1 N–H and O–H groups in total. The summed E-state index contributed by atoms with van der Waals surface area (Å²) in [6, 6.07) is 4.71. The molecule has 1 aromatic carbocycles. The maximum Gasteiger partial charge on any atom is 0.410 e. The van der Waals surface area contributed by atoms with Crippen LogP contribution in [0, 0.1) is 11.6 Å². The van der Waals surface area contributed by atoms with Crippen molar-refractivity contribution in [1.29, 1.82) is 0 Å². The van der Waals surface area contributed by atoms with Crippen LogP contribution in [0.1, 0.15) is 20.8 Å². The van der Waals surface area contributed by atoms with E-state index in [2.05, 4.69) is 15.3 Å². The maximum atomic E-state index is 13.5. The molecule has 174 valence electrons. The van der Waals surface area contributed by atoms with Crippen molar-refractivity contribution in [3.05, 3.63) is 35.9 Å². The Balaban J connectivity index is 1.81. The summed E-state index contributed by atoms with van der Waals surface area (Å²) in [4.78, 5) is 23.8. The van der Waals surface area contributed by atoms with E-state index in [4.69, 9.17) is 4.74 Å². The summed E-state index contributed by atoms with van der Waals surface area (Å²) in [5.41, 5.74) is -0.409. The van der Waals surface area contributed by atoms with Gasteiger partial charge in [-0.3, -0.25) is 0 Å². The minimum Gasteiger partial charge on any atom is -0.444 e. The Bertz CT molecular complexity index is 1110. The zero-order valence-electron chi connectivity index (χ0n) is 18.2. The number of amides is 1. The summed E-state index contributed by atoms with van der Waals surface area (Å²) < 4.78 is 56.3. The highest BCUT2D eigenvalue weighted by Crippen LogP contribution is 2.24. The molecule has 0 atom stereocenters. The van der Waals surface area contributed by atoms with Crippen LogP contribution in [-0.2, 0) is 14.6 Å². The van der Waals surface area contributed by atoms with Gasteiger partial charge in [0.1, 0.15) is 17.2 Å². The molecule has 32 heavy (non-hydrogen) atoms. The summed E-state index contributed by atoms with van der Waals surface area (Å²) in [5.74, 6) is -1.62. The highest BCUT2D eigenvalue weighted by atomic mass is 32.2. The van der Waals surface area contributed by atoms with Crippen LogP contribution in [-0.4, -0.2) is 67.4 Å². The third-order valence-electron chi connectivity index (χ3n) is 4.47. The van der Waals surface area contributed by atoms with E-state index in [1.165, 1.54) is 12.1 Å². The molecule has 0 spiro atoms. The van der Waals surface area contributed by atoms with Gasteiger partial charge in [-0.15, -0.1) is 0 Å². The lowest BCUT2D eigenvalue weighted by Gasteiger charge is -2.36. The summed E-state index contributed by atoms with van der Waals surface area (Å²) >= 11 is 0. The van der Waals surface area contributed by atoms with E-state index in [0.717, 1.165) is 18.4 Å². The fourth-order valence-corrected chi connectivity index (χ4v) is 3.49. The Morgan fingerprint density at radius 2 is 1.72 bits per heavy atom. The van der Waals surface area contributed by atoms with Gasteiger partial charge in [-0.2, -0.15) is 0 Å². The van der Waals surface area contributed by atoms with Gasteiger partial charge in [-0.05, 0) is 32.9 Å². The number of aromatic nitrogens is 2. The molecule has 1 saturated heterocycles. The van der Waals surface area contributed by atoms with E-state index < -0.39 is 38.3 Å². The fourth-order valence-electron chi connectivity index (χ4n) is 2.97.